The largest absolute Gasteiger partial charge is 0.502 e. The number of ether oxygens (including phenoxy) is 1. The van der Waals surface area contributed by atoms with Crippen LogP contribution < -0.4 is 0 Å². The lowest BCUT2D eigenvalue weighted by molar-refractivity contribution is -0.161. The van der Waals surface area contributed by atoms with Crippen molar-refractivity contribution in [1.29, 1.82) is 0 Å². The van der Waals surface area contributed by atoms with Crippen molar-refractivity contribution in [1.82, 2.24) is 0 Å². The van der Waals surface area contributed by atoms with Gasteiger partial charge in [0, 0.05) is 0 Å². The summed E-state index contributed by atoms with van der Waals surface area (Å²) in [5.74, 6) is 4.36. The van der Waals surface area contributed by atoms with Crippen molar-refractivity contribution < 1.29 is 14.6 Å². The van der Waals surface area contributed by atoms with Crippen molar-refractivity contribution >= 4 is 5.97 Å². The minimum absolute atomic E-state index is 0.0602. The molecule has 4 saturated carbocycles. The van der Waals surface area contributed by atoms with Gasteiger partial charge in [0.25, 0.3) is 0 Å². The van der Waals surface area contributed by atoms with Gasteiger partial charge in [-0.1, -0.05) is 46.6 Å². The Labute approximate surface area is 208 Å². The molecule has 4 aliphatic carbocycles. The number of fused-ring (bicyclic) bond motifs is 5. The summed E-state index contributed by atoms with van der Waals surface area (Å²) in [6.07, 6.45) is 17.4. The summed E-state index contributed by atoms with van der Waals surface area (Å²) >= 11 is 0. The summed E-state index contributed by atoms with van der Waals surface area (Å²) in [6.45, 7) is 17.5. The molecule has 0 bridgehead atoms. The van der Waals surface area contributed by atoms with Crippen molar-refractivity contribution in [3.63, 3.8) is 0 Å². The Bertz CT molecular complexity index is 771. The van der Waals surface area contributed by atoms with Crippen molar-refractivity contribution in [3.8, 4) is 0 Å². The highest BCUT2D eigenvalue weighted by molar-refractivity contribution is 5.85. The minimum Gasteiger partial charge on any atom is -0.502 e. The Kier molecular flexibility index (Phi) is 7.61. The van der Waals surface area contributed by atoms with Crippen LogP contribution in [0.5, 0.6) is 0 Å². The van der Waals surface area contributed by atoms with E-state index >= 15 is 0 Å². The normalized spacial score (nSPS) is 42.3. The van der Waals surface area contributed by atoms with Crippen molar-refractivity contribution in [3.05, 3.63) is 25.0 Å². The zero-order chi connectivity index (χ0) is 24.7. The molecule has 0 aliphatic heterocycles. The summed E-state index contributed by atoms with van der Waals surface area (Å²) in [7, 11) is 0. The first-order chi connectivity index (χ1) is 16.1. The average Bonchev–Trinajstić information content (AvgIpc) is 3.14. The van der Waals surface area contributed by atoms with Gasteiger partial charge < -0.3 is 9.84 Å². The van der Waals surface area contributed by atoms with Gasteiger partial charge in [-0.15, -0.1) is 6.58 Å². The number of rotatable bonds is 8. The van der Waals surface area contributed by atoms with Gasteiger partial charge in [-0.25, -0.2) is 4.79 Å². The number of esters is 1. The molecule has 0 heterocycles. The molecule has 192 valence electrons. The van der Waals surface area contributed by atoms with E-state index in [9.17, 15) is 9.90 Å². The standard InChI is InChI=1S/C31H50O3/c1-7-22(10-8-9-20(2)3)26-13-14-27-25-12-11-23-19-24(34-29(33)21(4)32)15-17-30(23,5)28(25)16-18-31(26,27)6/h7,20,22-28,32H,1,4,8-19H2,2-3,5-6H3/t22-,23?,24+,25?,26-,27?,28?,30+,31-/m1/s1. The molecule has 0 spiro atoms. The lowest BCUT2D eigenvalue weighted by atomic mass is 9.44. The smallest absolute Gasteiger partial charge is 0.372 e. The first-order valence-electron chi connectivity index (χ1n) is 14.3. The minimum atomic E-state index is -0.641. The number of hydrogen-bond donors (Lipinski definition) is 1. The molecule has 3 heteroatoms. The van der Waals surface area contributed by atoms with Crippen molar-refractivity contribution in [2.45, 2.75) is 111 Å². The van der Waals surface area contributed by atoms with Crippen molar-refractivity contribution in [2.24, 2.45) is 52.3 Å². The molecule has 0 saturated heterocycles. The van der Waals surface area contributed by atoms with Crippen LogP contribution in [-0.2, 0) is 9.53 Å². The molecule has 0 radical (unpaired) electrons. The molecule has 0 amide bonds. The van der Waals surface area contributed by atoms with Crippen LogP contribution in [0.3, 0.4) is 0 Å². The van der Waals surface area contributed by atoms with Crippen LogP contribution >= 0.6 is 0 Å². The predicted molar refractivity (Wildman–Crippen MR) is 139 cm³/mol. The average molecular weight is 471 g/mol. The summed E-state index contributed by atoms with van der Waals surface area (Å²) in [6, 6.07) is 0. The molecule has 34 heavy (non-hydrogen) atoms. The highest BCUT2D eigenvalue weighted by Crippen LogP contribution is 2.68. The van der Waals surface area contributed by atoms with E-state index in [1.807, 2.05) is 0 Å². The van der Waals surface area contributed by atoms with E-state index in [1.54, 1.807) is 0 Å². The molecule has 4 rings (SSSR count). The Balaban J connectivity index is 1.44. The number of carbonyl (C=O) groups is 1. The second-order valence-corrected chi connectivity index (χ2v) is 13.4. The third-order valence-electron chi connectivity index (χ3n) is 11.3. The van der Waals surface area contributed by atoms with E-state index < -0.39 is 11.7 Å². The number of allylic oxidation sites excluding steroid dienone is 1. The second kappa shape index (κ2) is 10.0. The zero-order valence-corrected chi connectivity index (χ0v) is 22.4. The quantitative estimate of drug-likeness (QED) is 0.168. The second-order valence-electron chi connectivity index (χ2n) is 13.4. The molecule has 4 fully saturated rings. The molecule has 0 aromatic carbocycles. The number of carbonyl (C=O) groups excluding carboxylic acids is 1. The van der Waals surface area contributed by atoms with E-state index in [-0.39, 0.29) is 6.10 Å². The lowest BCUT2D eigenvalue weighted by Gasteiger charge is -2.61. The molecule has 1 N–H and O–H groups in total. The summed E-state index contributed by atoms with van der Waals surface area (Å²) < 4.78 is 5.57. The van der Waals surface area contributed by atoms with Crippen LogP contribution in [0.25, 0.3) is 0 Å². The number of aliphatic hydroxyl groups excluding tert-OH is 1. The topological polar surface area (TPSA) is 46.5 Å². The Morgan fingerprint density at radius 1 is 1.03 bits per heavy atom. The Morgan fingerprint density at radius 2 is 1.74 bits per heavy atom. The van der Waals surface area contributed by atoms with Gasteiger partial charge in [0.05, 0.1) is 0 Å². The molecular weight excluding hydrogens is 420 g/mol. The van der Waals surface area contributed by atoms with Gasteiger partial charge in [-0.05, 0) is 123 Å². The molecule has 4 aliphatic rings. The first kappa shape index (κ1) is 25.8. The molecule has 3 nitrogen and oxygen atoms in total. The van der Waals surface area contributed by atoms with Gasteiger partial charge in [0.2, 0.25) is 0 Å². The molecule has 9 atom stereocenters. The highest BCUT2D eigenvalue weighted by Gasteiger charge is 2.60. The predicted octanol–water partition coefficient (Wildman–Crippen LogP) is 8.26. The lowest BCUT2D eigenvalue weighted by Crippen LogP contribution is -2.54. The summed E-state index contributed by atoms with van der Waals surface area (Å²) in [4.78, 5) is 11.9. The summed E-state index contributed by atoms with van der Waals surface area (Å²) in [5.41, 5.74) is 0.853. The molecular formula is C31H50O3. The van der Waals surface area contributed by atoms with Crippen LogP contribution in [0.4, 0.5) is 0 Å². The van der Waals surface area contributed by atoms with Gasteiger partial charge in [0.15, 0.2) is 5.76 Å². The van der Waals surface area contributed by atoms with Gasteiger partial charge in [-0.3, -0.25) is 0 Å². The van der Waals surface area contributed by atoms with E-state index in [1.165, 1.54) is 57.8 Å². The number of aliphatic hydroxyl groups is 1. The fourth-order valence-corrected chi connectivity index (χ4v) is 9.53. The van der Waals surface area contributed by atoms with Crippen LogP contribution in [-0.4, -0.2) is 17.2 Å². The maximum absolute atomic E-state index is 11.9. The first-order valence-corrected chi connectivity index (χ1v) is 14.3. The maximum atomic E-state index is 11.9. The third-order valence-corrected chi connectivity index (χ3v) is 11.3. The Morgan fingerprint density at radius 3 is 2.41 bits per heavy atom. The maximum Gasteiger partial charge on any atom is 0.372 e. The van der Waals surface area contributed by atoms with Crippen LogP contribution in [0.1, 0.15) is 105 Å². The van der Waals surface area contributed by atoms with Gasteiger partial charge in [0.1, 0.15) is 6.10 Å². The van der Waals surface area contributed by atoms with Crippen molar-refractivity contribution in [2.75, 3.05) is 0 Å². The van der Waals surface area contributed by atoms with Gasteiger partial charge in [-0.2, -0.15) is 0 Å². The van der Waals surface area contributed by atoms with E-state index in [4.69, 9.17) is 4.74 Å². The monoisotopic (exact) mass is 470 g/mol. The fraction of sp³-hybridized carbons (Fsp3) is 0.839. The fourth-order valence-electron chi connectivity index (χ4n) is 9.53. The molecule has 0 aromatic heterocycles. The van der Waals surface area contributed by atoms with Crippen LogP contribution in [0.2, 0.25) is 0 Å². The summed E-state index contributed by atoms with van der Waals surface area (Å²) in [5, 5.41) is 9.38. The van der Waals surface area contributed by atoms with E-state index in [0.29, 0.717) is 22.7 Å². The number of hydrogen-bond acceptors (Lipinski definition) is 3. The Hall–Kier alpha value is -1.25. The highest BCUT2D eigenvalue weighted by atomic mass is 16.6. The molecule has 0 aromatic rings. The van der Waals surface area contributed by atoms with Crippen LogP contribution in [0.15, 0.2) is 25.0 Å². The zero-order valence-electron chi connectivity index (χ0n) is 22.4. The molecule has 4 unspecified atom stereocenters. The SMILES string of the molecule is C=C[C@H](CCCC(C)C)[C@H]1CCC2C3CCC4C[C@@H](OC(=O)C(=C)O)CC[C@]4(C)C3CC[C@@]21C. The van der Waals surface area contributed by atoms with Gasteiger partial charge >= 0.3 is 5.97 Å². The van der Waals surface area contributed by atoms with E-state index in [2.05, 4.69) is 46.9 Å². The third kappa shape index (κ3) is 4.62. The van der Waals surface area contributed by atoms with E-state index in [0.717, 1.165) is 48.9 Å². The van der Waals surface area contributed by atoms with Crippen LogP contribution in [0, 0.1) is 52.3 Å².